The Morgan fingerprint density at radius 3 is 2.48 bits per heavy atom. The first-order chi connectivity index (χ1) is 11.0. The summed E-state index contributed by atoms with van der Waals surface area (Å²) >= 11 is 0. The van der Waals surface area contributed by atoms with Crippen molar-refractivity contribution in [2.24, 2.45) is 5.92 Å². The molecule has 0 bridgehead atoms. The molecular weight excluding hydrogens is 297 g/mol. The van der Waals surface area contributed by atoms with Gasteiger partial charge in [-0.3, -0.25) is 9.59 Å². The second-order valence-corrected chi connectivity index (χ2v) is 6.74. The van der Waals surface area contributed by atoms with Crippen LogP contribution in [-0.2, 0) is 15.0 Å². The summed E-state index contributed by atoms with van der Waals surface area (Å²) in [6.07, 6.45) is 3.52. The van der Waals surface area contributed by atoms with E-state index in [-0.39, 0.29) is 17.8 Å². The quantitative estimate of drug-likeness (QED) is 0.932. The number of benzene rings is 1. The number of likely N-dealkylation sites (tertiary alicyclic amines) is 1. The topological polar surface area (TPSA) is 57.6 Å². The normalized spacial score (nSPS) is 26.4. The average molecular weight is 319 g/mol. The summed E-state index contributed by atoms with van der Waals surface area (Å²) in [7, 11) is 0. The Hall–Kier alpha value is -1.91. The van der Waals surface area contributed by atoms with E-state index in [1.165, 1.54) is 6.07 Å². The maximum absolute atomic E-state index is 14.4. The van der Waals surface area contributed by atoms with E-state index < -0.39 is 17.3 Å². The van der Waals surface area contributed by atoms with Crippen molar-refractivity contribution in [2.75, 3.05) is 6.54 Å². The molecule has 1 saturated carbocycles. The maximum atomic E-state index is 14.4. The molecule has 3 rings (SSSR count). The third-order valence-corrected chi connectivity index (χ3v) is 5.59. The molecule has 0 spiro atoms. The average Bonchev–Trinajstić information content (AvgIpc) is 3.14. The molecule has 1 aliphatic heterocycles. The lowest BCUT2D eigenvalue weighted by Gasteiger charge is -2.35. The van der Waals surface area contributed by atoms with E-state index in [1.54, 1.807) is 30.0 Å². The van der Waals surface area contributed by atoms with Gasteiger partial charge < -0.3 is 10.0 Å². The van der Waals surface area contributed by atoms with E-state index >= 15 is 0 Å². The Bertz CT molecular complexity index is 624. The minimum Gasteiger partial charge on any atom is -0.481 e. The van der Waals surface area contributed by atoms with Gasteiger partial charge >= 0.3 is 5.97 Å². The zero-order valence-corrected chi connectivity index (χ0v) is 13.3. The fourth-order valence-electron chi connectivity index (χ4n) is 4.26. The third kappa shape index (κ3) is 2.52. The molecule has 0 aromatic heterocycles. The first-order valence-electron chi connectivity index (χ1n) is 8.26. The van der Waals surface area contributed by atoms with E-state index in [0.717, 1.165) is 12.8 Å². The van der Waals surface area contributed by atoms with Crippen LogP contribution in [0.4, 0.5) is 4.39 Å². The van der Waals surface area contributed by atoms with Crippen LogP contribution >= 0.6 is 0 Å². The number of rotatable bonds is 3. The summed E-state index contributed by atoms with van der Waals surface area (Å²) in [5, 5.41) is 9.28. The predicted octanol–water partition coefficient (Wildman–Crippen LogP) is 2.96. The zero-order chi connectivity index (χ0) is 16.6. The van der Waals surface area contributed by atoms with Crippen molar-refractivity contribution >= 4 is 11.9 Å². The van der Waals surface area contributed by atoms with Crippen LogP contribution in [0.15, 0.2) is 24.3 Å². The highest BCUT2D eigenvalue weighted by Gasteiger charge is 2.50. The second kappa shape index (κ2) is 5.95. The van der Waals surface area contributed by atoms with Crippen LogP contribution < -0.4 is 0 Å². The van der Waals surface area contributed by atoms with Crippen molar-refractivity contribution in [1.82, 2.24) is 4.90 Å². The lowest BCUT2D eigenvalue weighted by atomic mass is 9.77. The molecule has 2 fully saturated rings. The smallest absolute Gasteiger partial charge is 0.308 e. The summed E-state index contributed by atoms with van der Waals surface area (Å²) in [6.45, 7) is 2.22. The highest BCUT2D eigenvalue weighted by atomic mass is 19.1. The highest BCUT2D eigenvalue weighted by molar-refractivity contribution is 5.90. The Labute approximate surface area is 135 Å². The van der Waals surface area contributed by atoms with Gasteiger partial charge in [-0.2, -0.15) is 0 Å². The van der Waals surface area contributed by atoms with Gasteiger partial charge in [-0.05, 0) is 32.3 Å². The molecular formula is C18H22FNO3. The number of hydrogen-bond donors (Lipinski definition) is 1. The van der Waals surface area contributed by atoms with Crippen LogP contribution in [0.5, 0.6) is 0 Å². The predicted molar refractivity (Wildman–Crippen MR) is 83.5 cm³/mol. The summed E-state index contributed by atoms with van der Waals surface area (Å²) in [4.78, 5) is 26.2. The monoisotopic (exact) mass is 319 g/mol. The molecule has 23 heavy (non-hydrogen) atoms. The number of hydrogen-bond acceptors (Lipinski definition) is 2. The maximum Gasteiger partial charge on any atom is 0.308 e. The Morgan fingerprint density at radius 2 is 1.91 bits per heavy atom. The van der Waals surface area contributed by atoms with Gasteiger partial charge in [-0.1, -0.05) is 31.0 Å². The molecule has 5 heteroatoms. The van der Waals surface area contributed by atoms with Crippen molar-refractivity contribution in [3.05, 3.63) is 35.6 Å². The molecule has 2 aliphatic rings. The molecule has 0 radical (unpaired) electrons. The first-order valence-corrected chi connectivity index (χ1v) is 8.26. The van der Waals surface area contributed by atoms with E-state index in [4.69, 9.17) is 0 Å². The molecule has 124 valence electrons. The summed E-state index contributed by atoms with van der Waals surface area (Å²) in [6, 6.07) is 6.15. The SMILES string of the molecule is CC1C(C(=O)O)CCN1C(=O)C1(c2ccccc2F)CCCC1. The van der Waals surface area contributed by atoms with Crippen molar-refractivity contribution in [1.29, 1.82) is 0 Å². The van der Waals surface area contributed by atoms with Gasteiger partial charge in [-0.15, -0.1) is 0 Å². The van der Waals surface area contributed by atoms with Gasteiger partial charge in [0.25, 0.3) is 0 Å². The summed E-state index contributed by atoms with van der Waals surface area (Å²) < 4.78 is 14.4. The fraction of sp³-hybridized carbons (Fsp3) is 0.556. The van der Waals surface area contributed by atoms with Crippen LogP contribution in [-0.4, -0.2) is 34.5 Å². The third-order valence-electron chi connectivity index (χ3n) is 5.59. The van der Waals surface area contributed by atoms with Crippen LogP contribution in [0.3, 0.4) is 0 Å². The van der Waals surface area contributed by atoms with Crippen molar-refractivity contribution in [3.63, 3.8) is 0 Å². The van der Waals surface area contributed by atoms with Gasteiger partial charge in [0, 0.05) is 18.2 Å². The number of aliphatic carboxylic acids is 1. The van der Waals surface area contributed by atoms with Gasteiger partial charge in [-0.25, -0.2) is 4.39 Å². The van der Waals surface area contributed by atoms with Crippen LogP contribution in [0.1, 0.15) is 44.6 Å². The number of halogens is 1. The fourth-order valence-corrected chi connectivity index (χ4v) is 4.26. The van der Waals surface area contributed by atoms with Crippen LogP contribution in [0.25, 0.3) is 0 Å². The van der Waals surface area contributed by atoms with Crippen LogP contribution in [0.2, 0.25) is 0 Å². The molecule has 1 heterocycles. The highest BCUT2D eigenvalue weighted by Crippen LogP contribution is 2.45. The number of amides is 1. The molecule has 1 aromatic rings. The molecule has 2 atom stereocenters. The number of carboxylic acids is 1. The second-order valence-electron chi connectivity index (χ2n) is 6.74. The Kier molecular flexibility index (Phi) is 4.13. The Balaban J connectivity index is 1.95. The summed E-state index contributed by atoms with van der Waals surface area (Å²) in [5.74, 6) is -1.84. The summed E-state index contributed by atoms with van der Waals surface area (Å²) in [5.41, 5.74) is -0.360. The minimum absolute atomic E-state index is 0.101. The molecule has 1 saturated heterocycles. The number of carbonyl (C=O) groups is 2. The number of carboxylic acid groups (broad SMARTS) is 1. The van der Waals surface area contributed by atoms with Crippen molar-refractivity contribution < 1.29 is 19.1 Å². The van der Waals surface area contributed by atoms with Gasteiger partial charge in [0.1, 0.15) is 5.82 Å². The molecule has 1 amide bonds. The number of carbonyl (C=O) groups excluding carboxylic acids is 1. The minimum atomic E-state index is -0.862. The van der Waals surface area contributed by atoms with Gasteiger partial charge in [0.15, 0.2) is 0 Å². The largest absolute Gasteiger partial charge is 0.481 e. The van der Waals surface area contributed by atoms with Gasteiger partial charge in [0.05, 0.1) is 11.3 Å². The molecule has 2 unspecified atom stereocenters. The van der Waals surface area contributed by atoms with Crippen LogP contribution in [0, 0.1) is 11.7 Å². The van der Waals surface area contributed by atoms with Crippen molar-refractivity contribution in [2.45, 2.75) is 50.5 Å². The lowest BCUT2D eigenvalue weighted by molar-refractivity contribution is -0.144. The molecule has 1 N–H and O–H groups in total. The Morgan fingerprint density at radius 1 is 1.26 bits per heavy atom. The van der Waals surface area contributed by atoms with Crippen molar-refractivity contribution in [3.8, 4) is 0 Å². The zero-order valence-electron chi connectivity index (χ0n) is 13.3. The lowest BCUT2D eigenvalue weighted by Crippen LogP contribution is -2.48. The first kappa shape index (κ1) is 16.0. The number of nitrogens with zero attached hydrogens (tertiary/aromatic N) is 1. The van der Waals surface area contributed by atoms with E-state index in [1.807, 2.05) is 0 Å². The molecule has 1 aliphatic carbocycles. The van der Waals surface area contributed by atoms with E-state index in [2.05, 4.69) is 0 Å². The standard InChI is InChI=1S/C18H22FNO3/c1-12-13(16(21)22)8-11-20(12)17(23)18(9-4-5-10-18)14-6-2-3-7-15(14)19/h2-3,6-7,12-13H,4-5,8-11H2,1H3,(H,21,22). The molecule has 4 nitrogen and oxygen atoms in total. The molecule has 1 aromatic carbocycles. The van der Waals surface area contributed by atoms with Gasteiger partial charge in [0.2, 0.25) is 5.91 Å². The van der Waals surface area contributed by atoms with E-state index in [9.17, 15) is 19.1 Å². The van der Waals surface area contributed by atoms with E-state index in [0.29, 0.717) is 31.4 Å².